The maximum Gasteiger partial charge on any atom is 0.168 e. The number of nitrogens with zero attached hydrogens (tertiary/aromatic N) is 4. The van der Waals surface area contributed by atoms with Gasteiger partial charge >= 0.3 is 0 Å². The standard InChI is InChI=1S/C10H14N4/c1-10(2)6-14(7-10)9-8(4-11)5-13(3)12-9/h5H,6-7H2,1-3H3. The summed E-state index contributed by atoms with van der Waals surface area (Å²) in [6.07, 6.45) is 1.76. The molecule has 1 aromatic heterocycles. The molecule has 4 nitrogen and oxygen atoms in total. The third-order valence-corrected chi connectivity index (χ3v) is 2.47. The molecule has 0 radical (unpaired) electrons. The van der Waals surface area contributed by atoms with E-state index in [1.54, 1.807) is 10.9 Å². The average Bonchev–Trinajstić information content (AvgIpc) is 2.42. The first-order chi connectivity index (χ1) is 6.52. The molecule has 0 aromatic carbocycles. The maximum absolute atomic E-state index is 8.90. The molecule has 0 bridgehead atoms. The first-order valence-corrected chi connectivity index (χ1v) is 4.70. The van der Waals surface area contributed by atoms with E-state index in [9.17, 15) is 0 Å². The van der Waals surface area contributed by atoms with E-state index in [1.807, 2.05) is 7.05 Å². The van der Waals surface area contributed by atoms with Crippen molar-refractivity contribution in [3.8, 4) is 6.07 Å². The number of nitriles is 1. The molecular formula is C10H14N4. The highest BCUT2D eigenvalue weighted by Crippen LogP contribution is 2.33. The van der Waals surface area contributed by atoms with Crippen LogP contribution in [0.2, 0.25) is 0 Å². The Morgan fingerprint density at radius 1 is 1.50 bits per heavy atom. The number of anilines is 1. The van der Waals surface area contributed by atoms with E-state index in [0.717, 1.165) is 18.9 Å². The van der Waals surface area contributed by atoms with E-state index in [4.69, 9.17) is 5.26 Å². The summed E-state index contributed by atoms with van der Waals surface area (Å²) in [5.41, 5.74) is 1.03. The highest BCUT2D eigenvalue weighted by molar-refractivity contribution is 5.55. The van der Waals surface area contributed by atoms with E-state index >= 15 is 0 Å². The van der Waals surface area contributed by atoms with Gasteiger partial charge in [-0.05, 0) is 5.41 Å². The van der Waals surface area contributed by atoms with Crippen molar-refractivity contribution in [2.24, 2.45) is 12.5 Å². The largest absolute Gasteiger partial charge is 0.353 e. The fourth-order valence-corrected chi connectivity index (χ4v) is 1.93. The van der Waals surface area contributed by atoms with Gasteiger partial charge < -0.3 is 4.90 Å². The van der Waals surface area contributed by atoms with Gasteiger partial charge in [0.25, 0.3) is 0 Å². The molecule has 0 aliphatic carbocycles. The first-order valence-electron chi connectivity index (χ1n) is 4.70. The predicted molar refractivity (Wildman–Crippen MR) is 53.9 cm³/mol. The zero-order valence-corrected chi connectivity index (χ0v) is 8.78. The molecule has 1 aliphatic rings. The van der Waals surface area contributed by atoms with Gasteiger partial charge in [-0.15, -0.1) is 0 Å². The van der Waals surface area contributed by atoms with Crippen LogP contribution in [0.4, 0.5) is 5.82 Å². The fraction of sp³-hybridized carbons (Fsp3) is 0.600. The summed E-state index contributed by atoms with van der Waals surface area (Å²) in [5, 5.41) is 13.2. The van der Waals surface area contributed by atoms with Gasteiger partial charge in [0.05, 0.1) is 0 Å². The molecule has 1 fully saturated rings. The van der Waals surface area contributed by atoms with Gasteiger partial charge in [0.1, 0.15) is 11.6 Å². The number of aryl methyl sites for hydroxylation is 1. The Morgan fingerprint density at radius 2 is 2.14 bits per heavy atom. The van der Waals surface area contributed by atoms with Gasteiger partial charge in [-0.1, -0.05) is 13.8 Å². The zero-order valence-electron chi connectivity index (χ0n) is 8.78. The SMILES string of the molecule is Cn1cc(C#N)c(N2CC(C)(C)C2)n1. The van der Waals surface area contributed by atoms with E-state index in [1.165, 1.54) is 0 Å². The normalized spacial score (nSPS) is 18.9. The van der Waals surface area contributed by atoms with Gasteiger partial charge in [0.2, 0.25) is 0 Å². The van der Waals surface area contributed by atoms with Gasteiger partial charge in [-0.2, -0.15) is 10.4 Å². The molecule has 4 heteroatoms. The molecule has 0 amide bonds. The molecule has 0 unspecified atom stereocenters. The lowest BCUT2D eigenvalue weighted by Crippen LogP contribution is -2.53. The fourth-order valence-electron chi connectivity index (χ4n) is 1.93. The van der Waals surface area contributed by atoms with Gasteiger partial charge in [0.15, 0.2) is 5.82 Å². The Balaban J connectivity index is 2.22. The van der Waals surface area contributed by atoms with E-state index in [0.29, 0.717) is 11.0 Å². The first kappa shape index (κ1) is 9.07. The minimum Gasteiger partial charge on any atom is -0.353 e. The highest BCUT2D eigenvalue weighted by Gasteiger charge is 2.36. The van der Waals surface area contributed by atoms with Crippen LogP contribution in [-0.4, -0.2) is 22.9 Å². The Bertz CT molecular complexity index is 389. The molecule has 0 saturated carbocycles. The summed E-state index contributed by atoms with van der Waals surface area (Å²) in [4.78, 5) is 2.15. The van der Waals surface area contributed by atoms with Crippen molar-refractivity contribution in [1.29, 1.82) is 5.26 Å². The second-order valence-corrected chi connectivity index (χ2v) is 4.67. The van der Waals surface area contributed by atoms with Crippen LogP contribution in [0.3, 0.4) is 0 Å². The Hall–Kier alpha value is -1.50. The van der Waals surface area contributed by atoms with E-state index in [2.05, 4.69) is 29.9 Å². The number of hydrogen-bond acceptors (Lipinski definition) is 3. The third kappa shape index (κ3) is 1.35. The van der Waals surface area contributed by atoms with Crippen LogP contribution >= 0.6 is 0 Å². The number of hydrogen-bond donors (Lipinski definition) is 0. The van der Waals surface area contributed by atoms with E-state index in [-0.39, 0.29) is 0 Å². The molecule has 1 aromatic rings. The van der Waals surface area contributed by atoms with Crippen LogP contribution < -0.4 is 4.90 Å². The van der Waals surface area contributed by atoms with Gasteiger partial charge in [0, 0.05) is 26.3 Å². The zero-order chi connectivity index (χ0) is 10.3. The van der Waals surface area contributed by atoms with Crippen molar-refractivity contribution in [3.05, 3.63) is 11.8 Å². The quantitative estimate of drug-likeness (QED) is 0.667. The van der Waals surface area contributed by atoms with Crippen LogP contribution in [0.15, 0.2) is 6.20 Å². The molecule has 0 spiro atoms. The van der Waals surface area contributed by atoms with Crippen molar-refractivity contribution in [2.75, 3.05) is 18.0 Å². The Kier molecular flexibility index (Phi) is 1.78. The van der Waals surface area contributed by atoms with Crippen molar-refractivity contribution in [2.45, 2.75) is 13.8 Å². The summed E-state index contributed by atoms with van der Waals surface area (Å²) in [7, 11) is 1.84. The molecular weight excluding hydrogens is 176 g/mol. The number of rotatable bonds is 1. The van der Waals surface area contributed by atoms with E-state index < -0.39 is 0 Å². The molecule has 0 atom stereocenters. The van der Waals surface area contributed by atoms with Crippen LogP contribution in [-0.2, 0) is 7.05 Å². The lowest BCUT2D eigenvalue weighted by molar-refractivity contribution is 0.274. The Morgan fingerprint density at radius 3 is 2.64 bits per heavy atom. The van der Waals surface area contributed by atoms with Crippen LogP contribution in [0.25, 0.3) is 0 Å². The van der Waals surface area contributed by atoms with Crippen molar-refractivity contribution in [3.63, 3.8) is 0 Å². The topological polar surface area (TPSA) is 44.9 Å². The maximum atomic E-state index is 8.90. The second-order valence-electron chi connectivity index (χ2n) is 4.67. The second kappa shape index (κ2) is 2.74. The monoisotopic (exact) mass is 190 g/mol. The van der Waals surface area contributed by atoms with Crippen molar-refractivity contribution < 1.29 is 0 Å². The summed E-state index contributed by atoms with van der Waals surface area (Å²) >= 11 is 0. The molecule has 2 heterocycles. The lowest BCUT2D eigenvalue weighted by Gasteiger charge is -2.46. The molecule has 74 valence electrons. The summed E-state index contributed by atoms with van der Waals surface area (Å²) in [6, 6.07) is 2.17. The summed E-state index contributed by atoms with van der Waals surface area (Å²) in [5.74, 6) is 0.828. The molecule has 1 saturated heterocycles. The van der Waals surface area contributed by atoms with Crippen LogP contribution in [0.1, 0.15) is 19.4 Å². The number of aromatic nitrogens is 2. The lowest BCUT2D eigenvalue weighted by atomic mass is 9.84. The minimum atomic E-state index is 0.365. The van der Waals surface area contributed by atoms with Gasteiger partial charge in [-0.3, -0.25) is 4.68 Å². The third-order valence-electron chi connectivity index (χ3n) is 2.47. The minimum absolute atomic E-state index is 0.365. The van der Waals surface area contributed by atoms with Crippen LogP contribution in [0, 0.1) is 16.7 Å². The predicted octanol–water partition coefficient (Wildman–Crippen LogP) is 1.14. The molecule has 1 aliphatic heterocycles. The molecule has 0 N–H and O–H groups in total. The van der Waals surface area contributed by atoms with Crippen molar-refractivity contribution >= 4 is 5.82 Å². The average molecular weight is 190 g/mol. The van der Waals surface area contributed by atoms with Crippen molar-refractivity contribution in [1.82, 2.24) is 9.78 Å². The smallest absolute Gasteiger partial charge is 0.168 e. The molecule has 2 rings (SSSR count). The summed E-state index contributed by atoms with van der Waals surface area (Å²) in [6.45, 7) is 6.41. The highest BCUT2D eigenvalue weighted by atomic mass is 15.4. The van der Waals surface area contributed by atoms with Gasteiger partial charge in [-0.25, -0.2) is 0 Å². The Labute approximate surface area is 83.7 Å². The molecule has 14 heavy (non-hydrogen) atoms. The van der Waals surface area contributed by atoms with Crippen LogP contribution in [0.5, 0.6) is 0 Å². The summed E-state index contributed by atoms with van der Waals surface area (Å²) < 4.78 is 1.69.